The number of ether oxygens (including phenoxy) is 1. The van der Waals surface area contributed by atoms with Crippen molar-refractivity contribution in [2.45, 2.75) is 90.1 Å². The molecule has 0 aromatic carbocycles. The monoisotopic (exact) mass is 486 g/mol. The van der Waals surface area contributed by atoms with Gasteiger partial charge in [0.25, 0.3) is 0 Å². The van der Waals surface area contributed by atoms with E-state index in [0.717, 1.165) is 38.5 Å². The fraction of sp³-hybridized carbons (Fsp3) is 0.640. The van der Waals surface area contributed by atoms with Crippen LogP contribution in [0.25, 0.3) is 0 Å². The van der Waals surface area contributed by atoms with E-state index in [9.17, 15) is 14.5 Å². The van der Waals surface area contributed by atoms with Crippen molar-refractivity contribution in [3.8, 4) is 0 Å². The van der Waals surface area contributed by atoms with Gasteiger partial charge in [0, 0.05) is 6.42 Å². The number of hydrogen-bond acceptors (Lipinski definition) is 5. The van der Waals surface area contributed by atoms with Crippen LogP contribution in [0.4, 0.5) is 0 Å². The zero-order valence-corrected chi connectivity index (χ0v) is 20.9. The first kappa shape index (κ1) is 31.5. The second-order valence-corrected chi connectivity index (χ2v) is 9.05. The molecule has 0 unspecified atom stereocenters. The lowest BCUT2D eigenvalue weighted by Crippen LogP contribution is -2.23. The summed E-state index contributed by atoms with van der Waals surface area (Å²) >= 11 is 0. The number of aliphatic hydroxyl groups excluding tert-OH is 1. The Balaban J connectivity index is 3.54. The highest BCUT2D eigenvalue weighted by Crippen LogP contribution is 2.35. The van der Waals surface area contributed by atoms with Crippen molar-refractivity contribution in [1.29, 1.82) is 0 Å². The molecule has 0 aliphatic rings. The largest absolute Gasteiger partial charge is 0.469 e. The van der Waals surface area contributed by atoms with Gasteiger partial charge >= 0.3 is 13.8 Å². The van der Waals surface area contributed by atoms with E-state index >= 15 is 0 Å². The Kier molecular flexibility index (Phi) is 21.3. The van der Waals surface area contributed by atoms with Crippen LogP contribution in [-0.2, 0) is 18.6 Å². The van der Waals surface area contributed by atoms with E-state index < -0.39 is 26.5 Å². The summed E-state index contributed by atoms with van der Waals surface area (Å²) in [5, 5.41) is 9.43. The molecule has 0 amide bonds. The molecule has 0 aliphatic heterocycles. The third kappa shape index (κ3) is 26.6. The molecule has 0 radical (unpaired) electrons. The smallest absolute Gasteiger partial charge is 0.463 e. The van der Waals surface area contributed by atoms with Crippen molar-refractivity contribution in [1.82, 2.24) is 0 Å². The molecule has 190 valence electrons. The molecule has 0 rings (SSSR count). The Morgan fingerprint density at radius 3 is 1.82 bits per heavy atom. The Morgan fingerprint density at radius 1 is 0.788 bits per heavy atom. The van der Waals surface area contributed by atoms with Crippen molar-refractivity contribution in [3.63, 3.8) is 0 Å². The van der Waals surface area contributed by atoms with Crippen LogP contribution < -0.4 is 0 Å². The molecule has 0 saturated carbocycles. The lowest BCUT2D eigenvalue weighted by molar-refractivity contribution is -0.147. The van der Waals surface area contributed by atoms with Crippen LogP contribution in [0.2, 0.25) is 0 Å². The van der Waals surface area contributed by atoms with Gasteiger partial charge in [-0.15, -0.1) is 0 Å². The standard InChI is InChI=1S/C25H43O7P/c1-2-3-4-5-6-7-8-9-10-11-12-13-14-15-16-17-18-19-20-21-25(27)31-22-24(26)23-32-33(28,29)30/h6-7,9-10,12-13,15-16,24,26H,2-5,8,11,14,17-23H2,1H3,(H2,28,29,30)/b7-6-,10-9-,13-12-,16-15-/t24-/m1/s1. The van der Waals surface area contributed by atoms with E-state index in [1.54, 1.807) is 0 Å². The molecule has 33 heavy (non-hydrogen) atoms. The van der Waals surface area contributed by atoms with Crippen LogP contribution in [-0.4, -0.2) is 40.2 Å². The molecule has 0 saturated heterocycles. The molecule has 0 aromatic heterocycles. The highest BCUT2D eigenvalue weighted by atomic mass is 31.2. The van der Waals surface area contributed by atoms with E-state index in [2.05, 4.69) is 60.1 Å². The second-order valence-electron chi connectivity index (χ2n) is 7.81. The molecule has 8 heteroatoms. The lowest BCUT2D eigenvalue weighted by atomic mass is 10.1. The summed E-state index contributed by atoms with van der Waals surface area (Å²) in [5.41, 5.74) is 0. The van der Waals surface area contributed by atoms with Gasteiger partial charge < -0.3 is 19.6 Å². The van der Waals surface area contributed by atoms with Crippen LogP contribution in [0.3, 0.4) is 0 Å². The van der Waals surface area contributed by atoms with Crippen LogP contribution >= 0.6 is 7.82 Å². The quantitative estimate of drug-likeness (QED) is 0.0798. The fourth-order valence-electron chi connectivity index (χ4n) is 2.76. The van der Waals surface area contributed by atoms with E-state index in [-0.39, 0.29) is 13.0 Å². The van der Waals surface area contributed by atoms with Crippen LogP contribution in [0, 0.1) is 0 Å². The van der Waals surface area contributed by atoms with Crippen molar-refractivity contribution in [3.05, 3.63) is 48.6 Å². The summed E-state index contributed by atoms with van der Waals surface area (Å²) in [7, 11) is -4.63. The summed E-state index contributed by atoms with van der Waals surface area (Å²) in [6.45, 7) is 1.29. The number of phosphoric ester groups is 1. The highest BCUT2D eigenvalue weighted by molar-refractivity contribution is 7.46. The van der Waals surface area contributed by atoms with Crippen molar-refractivity contribution in [2.75, 3.05) is 13.2 Å². The summed E-state index contributed by atoms with van der Waals surface area (Å²) in [6, 6.07) is 0. The Bertz CT molecular complexity index is 635. The van der Waals surface area contributed by atoms with Crippen molar-refractivity contribution in [2.24, 2.45) is 0 Å². The van der Waals surface area contributed by atoms with Crippen LogP contribution in [0.5, 0.6) is 0 Å². The fourth-order valence-corrected chi connectivity index (χ4v) is 3.13. The number of allylic oxidation sites excluding steroid dienone is 8. The maximum Gasteiger partial charge on any atom is 0.469 e. The number of rotatable bonds is 21. The zero-order valence-electron chi connectivity index (χ0n) is 20.0. The van der Waals surface area contributed by atoms with Gasteiger partial charge in [0.05, 0.1) is 6.61 Å². The number of unbranched alkanes of at least 4 members (excludes halogenated alkanes) is 6. The molecule has 1 atom stereocenters. The molecule has 0 bridgehead atoms. The van der Waals surface area contributed by atoms with E-state index in [0.29, 0.717) is 6.42 Å². The van der Waals surface area contributed by atoms with Gasteiger partial charge in [-0.25, -0.2) is 4.57 Å². The third-order valence-corrected chi connectivity index (χ3v) is 5.07. The van der Waals surface area contributed by atoms with Crippen LogP contribution in [0.15, 0.2) is 48.6 Å². The van der Waals surface area contributed by atoms with E-state index in [1.807, 2.05) is 0 Å². The SMILES string of the molecule is CCCCC/C=C\C/C=C\C/C=C\C/C=C\CCCCCC(=O)OC[C@@H](O)COP(=O)(O)O. The first-order valence-electron chi connectivity index (χ1n) is 12.0. The summed E-state index contributed by atoms with van der Waals surface area (Å²) in [6.07, 6.45) is 28.0. The number of carbonyl (C=O) groups is 1. The normalized spacial score (nSPS) is 13.7. The van der Waals surface area contributed by atoms with E-state index in [4.69, 9.17) is 14.5 Å². The predicted molar refractivity (Wildman–Crippen MR) is 133 cm³/mol. The molecular weight excluding hydrogens is 443 g/mol. The summed E-state index contributed by atoms with van der Waals surface area (Å²) in [4.78, 5) is 28.6. The third-order valence-electron chi connectivity index (χ3n) is 4.58. The summed E-state index contributed by atoms with van der Waals surface area (Å²) in [5.74, 6) is -0.442. The van der Waals surface area contributed by atoms with Crippen molar-refractivity contribution < 1.29 is 33.5 Å². The number of aliphatic hydroxyl groups is 1. The van der Waals surface area contributed by atoms with Gasteiger partial charge in [0.2, 0.25) is 0 Å². The number of phosphoric acid groups is 1. The van der Waals surface area contributed by atoms with Gasteiger partial charge in [-0.05, 0) is 51.4 Å². The number of esters is 1. The lowest BCUT2D eigenvalue weighted by Gasteiger charge is -2.12. The van der Waals surface area contributed by atoms with Gasteiger partial charge in [-0.1, -0.05) is 74.8 Å². The maximum atomic E-state index is 11.6. The first-order chi connectivity index (χ1) is 15.8. The molecule has 7 nitrogen and oxygen atoms in total. The minimum absolute atomic E-state index is 0.251. The topological polar surface area (TPSA) is 113 Å². The average Bonchev–Trinajstić information content (AvgIpc) is 2.77. The number of hydrogen-bond donors (Lipinski definition) is 3. The maximum absolute atomic E-state index is 11.6. The molecular formula is C25H43O7P. The van der Waals surface area contributed by atoms with Gasteiger partial charge in [0.15, 0.2) is 0 Å². The molecule has 0 aromatic rings. The van der Waals surface area contributed by atoms with Gasteiger partial charge in [-0.2, -0.15) is 0 Å². The number of carbonyl (C=O) groups excluding carboxylic acids is 1. The second kappa shape index (κ2) is 22.3. The van der Waals surface area contributed by atoms with Gasteiger partial charge in [-0.3, -0.25) is 9.32 Å². The molecule has 3 N–H and O–H groups in total. The Labute approximate surface area is 199 Å². The average molecular weight is 487 g/mol. The Morgan fingerprint density at radius 2 is 1.30 bits per heavy atom. The molecule has 0 spiro atoms. The predicted octanol–water partition coefficient (Wildman–Crippen LogP) is 5.93. The summed E-state index contributed by atoms with van der Waals surface area (Å²) < 4.78 is 19.5. The van der Waals surface area contributed by atoms with Gasteiger partial charge in [0.1, 0.15) is 12.7 Å². The first-order valence-corrected chi connectivity index (χ1v) is 13.5. The minimum atomic E-state index is -4.63. The zero-order chi connectivity index (χ0) is 24.6. The molecule has 0 heterocycles. The van der Waals surface area contributed by atoms with E-state index in [1.165, 1.54) is 25.7 Å². The highest BCUT2D eigenvalue weighted by Gasteiger charge is 2.17. The Hall–Kier alpha value is -1.50. The minimum Gasteiger partial charge on any atom is -0.463 e. The molecule has 0 fully saturated rings. The van der Waals surface area contributed by atoms with Crippen molar-refractivity contribution >= 4 is 13.8 Å². The molecule has 0 aliphatic carbocycles. The van der Waals surface area contributed by atoms with Crippen LogP contribution in [0.1, 0.15) is 84.0 Å².